The van der Waals surface area contributed by atoms with Crippen molar-refractivity contribution in [1.29, 1.82) is 0 Å². The zero-order valence-electron chi connectivity index (χ0n) is 12.9. The second-order valence-corrected chi connectivity index (χ2v) is 6.08. The molecule has 0 aliphatic rings. The molecule has 0 N–H and O–H groups in total. The summed E-state index contributed by atoms with van der Waals surface area (Å²) in [6.45, 7) is 4.31. The lowest BCUT2D eigenvalue weighted by atomic mass is 9.96. The van der Waals surface area contributed by atoms with Crippen molar-refractivity contribution in [1.82, 2.24) is 0 Å². The Balaban J connectivity index is 1.91. The molecular weight excluding hydrogens is 264 g/mol. The van der Waals surface area contributed by atoms with Crippen LogP contribution in [0.25, 0.3) is 32.7 Å². The predicted octanol–water partition coefficient (Wildman–Crippen LogP) is 6.28. The molecule has 22 heavy (non-hydrogen) atoms. The van der Waals surface area contributed by atoms with Gasteiger partial charge in [0.05, 0.1) is 0 Å². The van der Waals surface area contributed by atoms with Gasteiger partial charge in [0.15, 0.2) is 0 Å². The van der Waals surface area contributed by atoms with Crippen LogP contribution in [0.1, 0.15) is 11.1 Å². The minimum Gasteiger partial charge on any atom is -0.0614 e. The van der Waals surface area contributed by atoms with Gasteiger partial charge in [0, 0.05) is 0 Å². The SMILES string of the molecule is Cc1ccc2cc(-c3ccc4cccc(C)c4c3)ccc2c1. The molecule has 0 amide bonds. The summed E-state index contributed by atoms with van der Waals surface area (Å²) in [5, 5.41) is 5.25. The number of aryl methyl sites for hydroxylation is 2. The second-order valence-electron chi connectivity index (χ2n) is 6.08. The molecule has 0 heteroatoms. The summed E-state index contributed by atoms with van der Waals surface area (Å²) in [7, 11) is 0. The van der Waals surface area contributed by atoms with Crippen LogP contribution < -0.4 is 0 Å². The van der Waals surface area contributed by atoms with E-state index in [0.717, 1.165) is 0 Å². The smallest absolute Gasteiger partial charge is 0.0149 e. The van der Waals surface area contributed by atoms with Gasteiger partial charge in [0.1, 0.15) is 0 Å². The molecule has 0 nitrogen and oxygen atoms in total. The van der Waals surface area contributed by atoms with Crippen molar-refractivity contribution < 1.29 is 0 Å². The first-order valence-corrected chi connectivity index (χ1v) is 7.71. The highest BCUT2D eigenvalue weighted by atomic mass is 14.1. The average molecular weight is 282 g/mol. The van der Waals surface area contributed by atoms with Gasteiger partial charge in [-0.15, -0.1) is 0 Å². The molecule has 0 bridgehead atoms. The summed E-state index contributed by atoms with van der Waals surface area (Å²) >= 11 is 0. The van der Waals surface area contributed by atoms with Gasteiger partial charge in [-0.25, -0.2) is 0 Å². The Morgan fingerprint density at radius 2 is 1.23 bits per heavy atom. The number of fused-ring (bicyclic) bond motifs is 2. The zero-order chi connectivity index (χ0) is 15.1. The predicted molar refractivity (Wildman–Crippen MR) is 96.4 cm³/mol. The minimum absolute atomic E-state index is 1.28. The van der Waals surface area contributed by atoms with Gasteiger partial charge in [0.25, 0.3) is 0 Å². The largest absolute Gasteiger partial charge is 0.0614 e. The monoisotopic (exact) mass is 282 g/mol. The third-order valence-corrected chi connectivity index (χ3v) is 4.43. The Labute approximate surface area is 131 Å². The van der Waals surface area contributed by atoms with E-state index in [4.69, 9.17) is 0 Å². The Hall–Kier alpha value is -2.60. The van der Waals surface area contributed by atoms with Crippen molar-refractivity contribution in [3.8, 4) is 11.1 Å². The van der Waals surface area contributed by atoms with E-state index in [0.29, 0.717) is 0 Å². The van der Waals surface area contributed by atoms with Crippen molar-refractivity contribution in [2.24, 2.45) is 0 Å². The first-order chi connectivity index (χ1) is 10.7. The molecule has 0 unspecified atom stereocenters. The van der Waals surface area contributed by atoms with Crippen molar-refractivity contribution >= 4 is 21.5 Å². The number of rotatable bonds is 1. The highest BCUT2D eigenvalue weighted by molar-refractivity contribution is 5.92. The zero-order valence-corrected chi connectivity index (χ0v) is 12.9. The lowest BCUT2D eigenvalue weighted by Crippen LogP contribution is -1.83. The molecule has 0 saturated heterocycles. The van der Waals surface area contributed by atoms with Crippen LogP contribution in [-0.2, 0) is 0 Å². The van der Waals surface area contributed by atoms with E-state index in [1.165, 1.54) is 43.8 Å². The van der Waals surface area contributed by atoms with Crippen molar-refractivity contribution in [3.63, 3.8) is 0 Å². The molecule has 4 rings (SSSR count). The summed E-state index contributed by atoms with van der Waals surface area (Å²) in [6, 6.07) is 26.6. The normalized spacial score (nSPS) is 11.2. The summed E-state index contributed by atoms with van der Waals surface area (Å²) in [5.41, 5.74) is 5.20. The molecule has 0 aliphatic carbocycles. The lowest BCUT2D eigenvalue weighted by Gasteiger charge is -2.08. The van der Waals surface area contributed by atoms with E-state index in [1.54, 1.807) is 0 Å². The first-order valence-electron chi connectivity index (χ1n) is 7.71. The van der Waals surface area contributed by atoms with E-state index in [2.05, 4.69) is 86.6 Å². The second kappa shape index (κ2) is 4.99. The third-order valence-electron chi connectivity index (χ3n) is 4.43. The Kier molecular flexibility index (Phi) is 2.97. The van der Waals surface area contributed by atoms with E-state index < -0.39 is 0 Å². The molecular formula is C22H18. The van der Waals surface area contributed by atoms with Crippen LogP contribution in [0.5, 0.6) is 0 Å². The highest BCUT2D eigenvalue weighted by Gasteiger charge is 2.03. The topological polar surface area (TPSA) is 0 Å². The molecule has 106 valence electrons. The fourth-order valence-electron chi connectivity index (χ4n) is 3.15. The van der Waals surface area contributed by atoms with Crippen molar-refractivity contribution in [2.75, 3.05) is 0 Å². The number of benzene rings is 4. The fraction of sp³-hybridized carbons (Fsp3) is 0.0909. The molecule has 4 aromatic carbocycles. The van der Waals surface area contributed by atoms with Gasteiger partial charge in [-0.1, -0.05) is 66.2 Å². The standard InChI is InChI=1S/C22H18/c1-15-6-7-19-13-20(11-10-18(19)12-15)21-9-8-17-5-3-4-16(2)22(17)14-21/h3-14H,1-2H3. The molecule has 0 atom stereocenters. The van der Waals surface area contributed by atoms with Crippen molar-refractivity contribution in [2.45, 2.75) is 13.8 Å². The molecule has 0 radical (unpaired) electrons. The highest BCUT2D eigenvalue weighted by Crippen LogP contribution is 2.29. The Morgan fingerprint density at radius 1 is 0.545 bits per heavy atom. The van der Waals surface area contributed by atoms with Gasteiger partial charge in [-0.3, -0.25) is 0 Å². The quantitative estimate of drug-likeness (QED) is 0.385. The summed E-state index contributed by atoms with van der Waals surface area (Å²) < 4.78 is 0. The van der Waals surface area contributed by atoms with Crippen LogP contribution in [-0.4, -0.2) is 0 Å². The Morgan fingerprint density at radius 3 is 2.09 bits per heavy atom. The average Bonchev–Trinajstić information content (AvgIpc) is 2.54. The van der Waals surface area contributed by atoms with Crippen molar-refractivity contribution in [3.05, 3.63) is 83.9 Å². The molecule has 0 aromatic heterocycles. The molecule has 0 saturated carbocycles. The fourth-order valence-corrected chi connectivity index (χ4v) is 3.15. The summed E-state index contributed by atoms with van der Waals surface area (Å²) in [4.78, 5) is 0. The van der Waals surface area contributed by atoms with Crippen LogP contribution >= 0.6 is 0 Å². The van der Waals surface area contributed by atoms with E-state index in [-0.39, 0.29) is 0 Å². The van der Waals surface area contributed by atoms with Gasteiger partial charge >= 0.3 is 0 Å². The van der Waals surface area contributed by atoms with Gasteiger partial charge in [-0.2, -0.15) is 0 Å². The molecule has 0 aliphatic heterocycles. The van der Waals surface area contributed by atoms with Crippen LogP contribution in [0, 0.1) is 13.8 Å². The maximum atomic E-state index is 2.31. The molecule has 0 fully saturated rings. The van der Waals surface area contributed by atoms with Gasteiger partial charge in [0.2, 0.25) is 0 Å². The van der Waals surface area contributed by atoms with Crippen LogP contribution in [0.3, 0.4) is 0 Å². The maximum Gasteiger partial charge on any atom is -0.0149 e. The first kappa shape index (κ1) is 13.1. The Bertz CT molecular complexity index is 993. The molecule has 0 spiro atoms. The van der Waals surface area contributed by atoms with E-state index >= 15 is 0 Å². The maximum absolute atomic E-state index is 2.31. The number of hydrogen-bond acceptors (Lipinski definition) is 0. The van der Waals surface area contributed by atoms with Gasteiger partial charge < -0.3 is 0 Å². The molecule has 4 aromatic rings. The number of hydrogen-bond donors (Lipinski definition) is 0. The van der Waals surface area contributed by atoms with Crippen LogP contribution in [0.15, 0.2) is 72.8 Å². The summed E-state index contributed by atoms with van der Waals surface area (Å²) in [5.74, 6) is 0. The lowest BCUT2D eigenvalue weighted by molar-refractivity contribution is 1.50. The van der Waals surface area contributed by atoms with Crippen LogP contribution in [0.2, 0.25) is 0 Å². The van der Waals surface area contributed by atoms with Gasteiger partial charge in [-0.05, 0) is 64.2 Å². The minimum atomic E-state index is 1.28. The van der Waals surface area contributed by atoms with Crippen LogP contribution in [0.4, 0.5) is 0 Å². The van der Waals surface area contributed by atoms with E-state index in [9.17, 15) is 0 Å². The third kappa shape index (κ3) is 2.17. The summed E-state index contributed by atoms with van der Waals surface area (Å²) in [6.07, 6.45) is 0. The molecule has 0 heterocycles. The van der Waals surface area contributed by atoms with E-state index in [1.807, 2.05) is 0 Å².